The molecule has 0 aliphatic carbocycles. The smallest absolute Gasteiger partial charge is 0.282 e. The minimum Gasteiger partial charge on any atom is -0.497 e. The molecule has 0 atom stereocenters. The summed E-state index contributed by atoms with van der Waals surface area (Å²) in [6, 6.07) is 10.8. The van der Waals surface area contributed by atoms with Crippen LogP contribution in [0, 0.1) is 6.92 Å². The van der Waals surface area contributed by atoms with E-state index in [-0.39, 0.29) is 18.1 Å². The number of hydrogen-bond donors (Lipinski definition) is 0. The van der Waals surface area contributed by atoms with Crippen LogP contribution in [0.2, 0.25) is 0 Å². The van der Waals surface area contributed by atoms with Gasteiger partial charge in [-0.15, -0.1) is 0 Å². The number of thiazole rings is 1. The molecule has 3 aromatic heterocycles. The molecule has 0 aliphatic rings. The Balaban J connectivity index is 1.75. The molecule has 0 saturated carbocycles. The second-order valence-corrected chi connectivity index (χ2v) is 6.63. The third-order valence-electron chi connectivity index (χ3n) is 3.80. The summed E-state index contributed by atoms with van der Waals surface area (Å²) in [4.78, 5) is 19.1. The Morgan fingerprint density at radius 3 is 2.88 bits per heavy atom. The topological polar surface area (TPSA) is 81.6 Å². The Hall–Kier alpha value is -3.13. The van der Waals surface area contributed by atoms with Gasteiger partial charge < -0.3 is 13.7 Å². The number of carbonyl (C=O) groups is 1. The van der Waals surface area contributed by atoms with Gasteiger partial charge in [-0.1, -0.05) is 16.5 Å². The second-order valence-electron chi connectivity index (χ2n) is 5.62. The first-order chi connectivity index (χ1) is 12.6. The largest absolute Gasteiger partial charge is 0.497 e. The maximum Gasteiger partial charge on any atom is 0.282 e. The molecule has 0 fully saturated rings. The van der Waals surface area contributed by atoms with Gasteiger partial charge in [0, 0.05) is 6.07 Å². The Morgan fingerprint density at radius 2 is 2.19 bits per heavy atom. The lowest BCUT2D eigenvalue weighted by molar-refractivity contribution is 0.0974. The molecule has 3 heterocycles. The summed E-state index contributed by atoms with van der Waals surface area (Å²) < 4.78 is 16.6. The van der Waals surface area contributed by atoms with Gasteiger partial charge in [-0.05, 0) is 37.3 Å². The van der Waals surface area contributed by atoms with Gasteiger partial charge in [0.25, 0.3) is 5.91 Å². The van der Waals surface area contributed by atoms with E-state index in [0.717, 1.165) is 16.0 Å². The van der Waals surface area contributed by atoms with E-state index in [4.69, 9.17) is 13.7 Å². The van der Waals surface area contributed by atoms with Crippen molar-refractivity contribution in [3.8, 4) is 5.75 Å². The SMILES string of the molecule is COc1ccc2nc(N(Cc3ccco3)C(=O)c3cc(C)on3)sc2c1. The van der Waals surface area contributed by atoms with Crippen molar-refractivity contribution in [1.29, 1.82) is 0 Å². The number of fused-ring (bicyclic) bond motifs is 1. The van der Waals surface area contributed by atoms with Crippen LogP contribution in [-0.4, -0.2) is 23.2 Å². The van der Waals surface area contributed by atoms with Crippen molar-refractivity contribution in [2.75, 3.05) is 12.0 Å². The van der Waals surface area contributed by atoms with Crippen LogP contribution in [0.25, 0.3) is 10.2 Å². The van der Waals surface area contributed by atoms with Gasteiger partial charge in [0.15, 0.2) is 10.8 Å². The monoisotopic (exact) mass is 369 g/mol. The maximum absolute atomic E-state index is 13.0. The molecular weight excluding hydrogens is 354 g/mol. The number of hydrogen-bond acceptors (Lipinski definition) is 7. The van der Waals surface area contributed by atoms with E-state index >= 15 is 0 Å². The van der Waals surface area contributed by atoms with Crippen LogP contribution in [0.5, 0.6) is 5.75 Å². The average Bonchev–Trinajstić information content (AvgIpc) is 3.38. The fourth-order valence-corrected chi connectivity index (χ4v) is 3.52. The number of carbonyl (C=O) groups excluding carboxylic acids is 1. The number of methoxy groups -OCH3 is 1. The van der Waals surface area contributed by atoms with Gasteiger partial charge in [-0.25, -0.2) is 4.98 Å². The summed E-state index contributed by atoms with van der Waals surface area (Å²) >= 11 is 1.40. The van der Waals surface area contributed by atoms with Crippen molar-refractivity contribution < 1.29 is 18.5 Å². The zero-order chi connectivity index (χ0) is 18.1. The molecule has 7 nitrogen and oxygen atoms in total. The highest BCUT2D eigenvalue weighted by Gasteiger charge is 2.25. The number of anilines is 1. The lowest BCUT2D eigenvalue weighted by Crippen LogP contribution is -2.30. The van der Waals surface area contributed by atoms with Crippen LogP contribution < -0.4 is 9.64 Å². The predicted octanol–water partition coefficient (Wildman–Crippen LogP) is 4.04. The molecule has 1 amide bonds. The van der Waals surface area contributed by atoms with E-state index in [9.17, 15) is 4.79 Å². The highest BCUT2D eigenvalue weighted by atomic mass is 32.1. The average molecular weight is 369 g/mol. The lowest BCUT2D eigenvalue weighted by Gasteiger charge is -2.17. The number of ether oxygens (including phenoxy) is 1. The van der Waals surface area contributed by atoms with Gasteiger partial charge in [0.05, 0.1) is 30.1 Å². The first-order valence-corrected chi connectivity index (χ1v) is 8.68. The van der Waals surface area contributed by atoms with Crippen LogP contribution in [0.3, 0.4) is 0 Å². The quantitative estimate of drug-likeness (QED) is 0.528. The molecule has 0 saturated heterocycles. The number of amides is 1. The van der Waals surface area contributed by atoms with E-state index in [1.165, 1.54) is 16.2 Å². The number of aromatic nitrogens is 2. The van der Waals surface area contributed by atoms with Crippen molar-refractivity contribution in [3.05, 3.63) is 59.9 Å². The normalized spacial score (nSPS) is 11.0. The van der Waals surface area contributed by atoms with Gasteiger partial charge in [0.1, 0.15) is 17.3 Å². The molecule has 0 N–H and O–H groups in total. The molecule has 4 aromatic rings. The first kappa shape index (κ1) is 16.3. The Morgan fingerprint density at radius 1 is 1.31 bits per heavy atom. The van der Waals surface area contributed by atoms with Crippen LogP contribution in [0.1, 0.15) is 22.0 Å². The molecular formula is C18H15N3O4S. The summed E-state index contributed by atoms with van der Waals surface area (Å²) in [5.74, 6) is 1.66. The number of benzene rings is 1. The van der Waals surface area contributed by atoms with Gasteiger partial charge in [-0.2, -0.15) is 0 Å². The first-order valence-electron chi connectivity index (χ1n) is 7.86. The van der Waals surface area contributed by atoms with Gasteiger partial charge >= 0.3 is 0 Å². The maximum atomic E-state index is 13.0. The Labute approximate surface area is 152 Å². The summed E-state index contributed by atoms with van der Waals surface area (Å²) in [5.41, 5.74) is 1.02. The molecule has 0 radical (unpaired) electrons. The Bertz CT molecular complexity index is 1050. The zero-order valence-corrected chi connectivity index (χ0v) is 14.9. The number of nitrogens with zero attached hydrogens (tertiary/aromatic N) is 3. The molecule has 0 aliphatic heterocycles. The third kappa shape index (κ3) is 3.06. The third-order valence-corrected chi connectivity index (χ3v) is 4.84. The van der Waals surface area contributed by atoms with E-state index in [0.29, 0.717) is 16.7 Å². The standard InChI is InChI=1S/C18H15N3O4S/c1-11-8-15(20-25-11)17(22)21(10-13-4-3-7-24-13)18-19-14-6-5-12(23-2)9-16(14)26-18/h3-9H,10H2,1-2H3. The van der Waals surface area contributed by atoms with Crippen molar-refractivity contribution in [2.24, 2.45) is 0 Å². The summed E-state index contributed by atoms with van der Waals surface area (Å²) in [5, 5.41) is 4.38. The molecule has 4 rings (SSSR count). The van der Waals surface area contributed by atoms with Crippen LogP contribution >= 0.6 is 11.3 Å². The van der Waals surface area contributed by atoms with Crippen LogP contribution in [-0.2, 0) is 6.54 Å². The van der Waals surface area contributed by atoms with Crippen molar-refractivity contribution in [3.63, 3.8) is 0 Å². The Kier molecular flexibility index (Phi) is 4.18. The molecule has 0 bridgehead atoms. The van der Waals surface area contributed by atoms with Crippen molar-refractivity contribution >= 4 is 32.6 Å². The van der Waals surface area contributed by atoms with Crippen molar-refractivity contribution in [2.45, 2.75) is 13.5 Å². The molecule has 132 valence electrons. The predicted molar refractivity (Wildman–Crippen MR) is 96.6 cm³/mol. The molecule has 0 unspecified atom stereocenters. The van der Waals surface area contributed by atoms with E-state index in [1.54, 1.807) is 32.4 Å². The summed E-state index contributed by atoms with van der Waals surface area (Å²) in [6.07, 6.45) is 1.57. The molecule has 1 aromatic carbocycles. The van der Waals surface area contributed by atoms with E-state index in [2.05, 4.69) is 10.1 Å². The second kappa shape index (κ2) is 6.64. The van der Waals surface area contributed by atoms with Crippen LogP contribution in [0.15, 0.2) is 51.6 Å². The van der Waals surface area contributed by atoms with Gasteiger partial charge in [0.2, 0.25) is 0 Å². The minimum atomic E-state index is -0.302. The highest BCUT2D eigenvalue weighted by Crippen LogP contribution is 2.33. The lowest BCUT2D eigenvalue weighted by atomic mass is 10.3. The minimum absolute atomic E-state index is 0.228. The summed E-state index contributed by atoms with van der Waals surface area (Å²) in [7, 11) is 1.61. The molecule has 8 heteroatoms. The zero-order valence-electron chi connectivity index (χ0n) is 14.1. The number of rotatable bonds is 5. The molecule has 26 heavy (non-hydrogen) atoms. The fraction of sp³-hybridized carbons (Fsp3) is 0.167. The fourth-order valence-electron chi connectivity index (χ4n) is 2.53. The molecule has 0 spiro atoms. The van der Waals surface area contributed by atoms with Crippen LogP contribution in [0.4, 0.5) is 5.13 Å². The highest BCUT2D eigenvalue weighted by molar-refractivity contribution is 7.22. The van der Waals surface area contributed by atoms with E-state index < -0.39 is 0 Å². The van der Waals surface area contributed by atoms with Crippen molar-refractivity contribution in [1.82, 2.24) is 10.1 Å². The van der Waals surface area contributed by atoms with Gasteiger partial charge in [-0.3, -0.25) is 9.69 Å². The van der Waals surface area contributed by atoms with E-state index in [1.807, 2.05) is 24.3 Å². The number of aryl methyl sites for hydroxylation is 1. The number of furan rings is 1. The summed E-state index contributed by atoms with van der Waals surface area (Å²) in [6.45, 7) is 1.99.